The molecule has 0 aromatic heterocycles. The second-order valence-corrected chi connectivity index (χ2v) is 4.10. The number of aliphatic carboxylic acids is 1. The van der Waals surface area contributed by atoms with Crippen LogP contribution in [0.15, 0.2) is 5.16 Å². The third kappa shape index (κ3) is 2.38. The summed E-state index contributed by atoms with van der Waals surface area (Å²) in [4.78, 5) is 29.2. The van der Waals surface area contributed by atoms with Crippen molar-refractivity contribution in [3.63, 3.8) is 0 Å². The smallest absolute Gasteiger partial charge is 0.353 e. The predicted molar refractivity (Wildman–Crippen MR) is 56.6 cm³/mol. The van der Waals surface area contributed by atoms with E-state index in [1.165, 1.54) is 0 Å². The van der Waals surface area contributed by atoms with Gasteiger partial charge < -0.3 is 19.6 Å². The molecule has 7 heteroatoms. The molecule has 2 rings (SSSR count). The average molecular weight is 242 g/mol. The van der Waals surface area contributed by atoms with Gasteiger partial charge in [-0.15, -0.1) is 0 Å². The zero-order chi connectivity index (χ0) is 12.4. The van der Waals surface area contributed by atoms with Gasteiger partial charge in [0, 0.05) is 13.0 Å². The van der Waals surface area contributed by atoms with Gasteiger partial charge in [0.15, 0.2) is 5.71 Å². The van der Waals surface area contributed by atoms with Gasteiger partial charge in [0.05, 0.1) is 19.3 Å². The van der Waals surface area contributed by atoms with Crippen LogP contribution in [0.3, 0.4) is 0 Å². The van der Waals surface area contributed by atoms with Gasteiger partial charge in [-0.3, -0.25) is 4.79 Å². The van der Waals surface area contributed by atoms with E-state index in [0.29, 0.717) is 19.8 Å². The van der Waals surface area contributed by atoms with E-state index in [9.17, 15) is 9.59 Å². The predicted octanol–water partition coefficient (Wildman–Crippen LogP) is -0.537. The van der Waals surface area contributed by atoms with Crippen LogP contribution >= 0.6 is 0 Å². The number of amides is 1. The number of rotatable bonds is 2. The van der Waals surface area contributed by atoms with E-state index in [-0.39, 0.29) is 24.1 Å². The normalized spacial score (nSPS) is 28.5. The molecule has 2 heterocycles. The summed E-state index contributed by atoms with van der Waals surface area (Å²) in [6.45, 7) is 3.37. The minimum Gasteiger partial charge on any atom is -0.477 e. The SMILES string of the molecule is CC1COCCN1C(=O)C1CC(C(=O)O)=NO1. The maximum atomic E-state index is 12.1. The lowest BCUT2D eigenvalue weighted by atomic mass is 10.1. The Morgan fingerprint density at radius 1 is 1.53 bits per heavy atom. The highest BCUT2D eigenvalue weighted by Crippen LogP contribution is 2.16. The van der Waals surface area contributed by atoms with E-state index in [1.807, 2.05) is 6.92 Å². The Kier molecular flexibility index (Phi) is 3.28. The number of oxime groups is 1. The molecule has 0 saturated carbocycles. The highest BCUT2D eigenvalue weighted by Gasteiger charge is 2.36. The van der Waals surface area contributed by atoms with Crippen molar-refractivity contribution in [3.8, 4) is 0 Å². The monoisotopic (exact) mass is 242 g/mol. The van der Waals surface area contributed by atoms with Crippen molar-refractivity contribution in [1.29, 1.82) is 0 Å². The standard InChI is InChI=1S/C10H14N2O5/c1-6-5-16-3-2-12(6)9(13)8-4-7(10(14)15)11-17-8/h6,8H,2-5H2,1H3,(H,14,15). The zero-order valence-electron chi connectivity index (χ0n) is 9.46. The zero-order valence-corrected chi connectivity index (χ0v) is 9.46. The molecule has 0 aliphatic carbocycles. The van der Waals surface area contributed by atoms with Crippen LogP contribution in [0.2, 0.25) is 0 Å². The molecule has 2 aliphatic rings. The minimum absolute atomic E-state index is 0.0197. The minimum atomic E-state index is -1.14. The largest absolute Gasteiger partial charge is 0.477 e. The highest BCUT2D eigenvalue weighted by molar-refractivity contribution is 6.36. The van der Waals surface area contributed by atoms with E-state index in [4.69, 9.17) is 14.7 Å². The number of morpholine rings is 1. The Balaban J connectivity index is 1.96. The molecule has 0 bridgehead atoms. The molecule has 17 heavy (non-hydrogen) atoms. The van der Waals surface area contributed by atoms with Crippen molar-refractivity contribution in [1.82, 2.24) is 4.90 Å². The summed E-state index contributed by atoms with van der Waals surface area (Å²) in [5.74, 6) is -1.36. The summed E-state index contributed by atoms with van der Waals surface area (Å²) >= 11 is 0. The van der Waals surface area contributed by atoms with Crippen LogP contribution in [-0.4, -0.2) is 59.5 Å². The molecule has 2 unspecified atom stereocenters. The maximum Gasteiger partial charge on any atom is 0.353 e. The molecule has 2 aliphatic heterocycles. The number of nitrogens with zero attached hydrogens (tertiary/aromatic N) is 2. The van der Waals surface area contributed by atoms with Gasteiger partial charge in [0.25, 0.3) is 5.91 Å². The van der Waals surface area contributed by atoms with Gasteiger partial charge in [0.2, 0.25) is 6.10 Å². The van der Waals surface area contributed by atoms with Crippen LogP contribution in [0, 0.1) is 0 Å². The maximum absolute atomic E-state index is 12.1. The fraction of sp³-hybridized carbons (Fsp3) is 0.700. The van der Waals surface area contributed by atoms with E-state index in [1.54, 1.807) is 4.90 Å². The summed E-state index contributed by atoms with van der Waals surface area (Å²) in [5.41, 5.74) is -0.107. The molecular formula is C10H14N2O5. The fourth-order valence-corrected chi connectivity index (χ4v) is 1.88. The number of carbonyl (C=O) groups is 2. The topological polar surface area (TPSA) is 88.4 Å². The Labute approximate surface area is 98.0 Å². The van der Waals surface area contributed by atoms with Crippen LogP contribution in [-0.2, 0) is 19.2 Å². The first-order valence-corrected chi connectivity index (χ1v) is 5.44. The van der Waals surface area contributed by atoms with Gasteiger partial charge in [-0.25, -0.2) is 4.79 Å². The lowest BCUT2D eigenvalue weighted by Crippen LogP contribution is -2.50. The Bertz CT molecular complexity index is 368. The lowest BCUT2D eigenvalue weighted by molar-refractivity contribution is -0.150. The number of hydrogen-bond donors (Lipinski definition) is 1. The first-order valence-electron chi connectivity index (χ1n) is 5.44. The molecule has 0 aromatic rings. The summed E-state index contributed by atoms with van der Waals surface area (Å²) in [7, 11) is 0. The summed E-state index contributed by atoms with van der Waals surface area (Å²) in [6.07, 6.45) is -0.778. The second kappa shape index (κ2) is 4.70. The first kappa shape index (κ1) is 11.8. The quantitative estimate of drug-likeness (QED) is 0.702. The van der Waals surface area contributed by atoms with E-state index >= 15 is 0 Å². The molecule has 0 radical (unpaired) electrons. The van der Waals surface area contributed by atoms with Crippen molar-refractivity contribution in [2.24, 2.45) is 5.16 Å². The van der Waals surface area contributed by atoms with Crippen LogP contribution in [0.5, 0.6) is 0 Å². The van der Waals surface area contributed by atoms with Gasteiger partial charge in [0.1, 0.15) is 0 Å². The first-order chi connectivity index (χ1) is 8.09. The third-order valence-corrected chi connectivity index (χ3v) is 2.84. The summed E-state index contributed by atoms with van der Waals surface area (Å²) in [6, 6.07) is -0.0197. The average Bonchev–Trinajstić information content (AvgIpc) is 2.78. The van der Waals surface area contributed by atoms with Crippen LogP contribution < -0.4 is 0 Å². The Morgan fingerprint density at radius 2 is 2.29 bits per heavy atom. The number of carboxylic acid groups (broad SMARTS) is 1. The molecule has 0 spiro atoms. The van der Waals surface area contributed by atoms with Crippen LogP contribution in [0.1, 0.15) is 13.3 Å². The number of carboxylic acids is 1. The molecule has 94 valence electrons. The second-order valence-electron chi connectivity index (χ2n) is 4.10. The van der Waals surface area contributed by atoms with Crippen molar-refractivity contribution in [2.45, 2.75) is 25.5 Å². The van der Waals surface area contributed by atoms with Crippen molar-refractivity contribution in [3.05, 3.63) is 0 Å². The van der Waals surface area contributed by atoms with E-state index in [2.05, 4.69) is 5.16 Å². The van der Waals surface area contributed by atoms with E-state index < -0.39 is 12.1 Å². The van der Waals surface area contributed by atoms with Gasteiger partial charge in [-0.1, -0.05) is 5.16 Å². The van der Waals surface area contributed by atoms with E-state index in [0.717, 1.165) is 0 Å². The number of ether oxygens (including phenoxy) is 1. The van der Waals surface area contributed by atoms with Crippen LogP contribution in [0.25, 0.3) is 0 Å². The molecule has 1 amide bonds. The molecule has 1 N–H and O–H groups in total. The molecule has 1 fully saturated rings. The molecule has 2 atom stereocenters. The Hall–Kier alpha value is -1.63. The van der Waals surface area contributed by atoms with Crippen molar-refractivity contribution in [2.75, 3.05) is 19.8 Å². The highest BCUT2D eigenvalue weighted by atomic mass is 16.6. The van der Waals surface area contributed by atoms with Crippen molar-refractivity contribution < 1.29 is 24.3 Å². The van der Waals surface area contributed by atoms with Crippen molar-refractivity contribution >= 4 is 17.6 Å². The molecule has 7 nitrogen and oxygen atoms in total. The summed E-state index contributed by atoms with van der Waals surface area (Å²) < 4.78 is 5.23. The fourth-order valence-electron chi connectivity index (χ4n) is 1.88. The Morgan fingerprint density at radius 3 is 2.88 bits per heavy atom. The molecule has 1 saturated heterocycles. The third-order valence-electron chi connectivity index (χ3n) is 2.84. The number of hydrogen-bond acceptors (Lipinski definition) is 5. The lowest BCUT2D eigenvalue weighted by Gasteiger charge is -2.34. The number of carbonyl (C=O) groups excluding carboxylic acids is 1. The van der Waals surface area contributed by atoms with Gasteiger partial charge >= 0.3 is 5.97 Å². The van der Waals surface area contributed by atoms with Gasteiger partial charge in [-0.2, -0.15) is 0 Å². The van der Waals surface area contributed by atoms with Gasteiger partial charge in [-0.05, 0) is 6.92 Å². The molecular weight excluding hydrogens is 228 g/mol. The van der Waals surface area contributed by atoms with Crippen LogP contribution in [0.4, 0.5) is 0 Å². The summed E-state index contributed by atoms with van der Waals surface area (Å²) in [5, 5.41) is 12.1. The molecule has 0 aromatic carbocycles.